The topological polar surface area (TPSA) is 9.23 Å². The van der Waals surface area contributed by atoms with Gasteiger partial charge in [-0.25, -0.2) is 0 Å². The van der Waals surface area contributed by atoms with Crippen molar-refractivity contribution in [3.63, 3.8) is 0 Å². The zero-order chi connectivity index (χ0) is 14.0. The largest absolute Gasteiger partial charge is 0.494 e. The van der Waals surface area contributed by atoms with Crippen molar-refractivity contribution in [1.29, 1.82) is 0 Å². The Labute approximate surface area is 132 Å². The van der Waals surface area contributed by atoms with E-state index in [1.54, 1.807) is 0 Å². The highest BCUT2D eigenvalue weighted by atomic mass is 79.9. The van der Waals surface area contributed by atoms with E-state index in [0.29, 0.717) is 0 Å². The third-order valence-corrected chi connectivity index (χ3v) is 4.68. The Morgan fingerprint density at radius 2 is 1.55 bits per heavy atom. The Bertz CT molecular complexity index is 389. The first-order valence-corrected chi connectivity index (χ1v) is 9.33. The summed E-state index contributed by atoms with van der Waals surface area (Å²) >= 11 is 3.48. The molecular formula is C18H27BrO. The second-order valence-electron chi connectivity index (χ2n) is 5.80. The summed E-state index contributed by atoms with van der Waals surface area (Å²) in [5.41, 5.74) is 3.04. The minimum Gasteiger partial charge on any atom is -0.494 e. The molecule has 2 rings (SSSR count). The molecule has 0 heterocycles. The van der Waals surface area contributed by atoms with Crippen LogP contribution in [0.4, 0.5) is 0 Å². The molecule has 0 aromatic heterocycles. The van der Waals surface area contributed by atoms with Gasteiger partial charge >= 0.3 is 0 Å². The number of halogens is 1. The molecule has 0 fully saturated rings. The van der Waals surface area contributed by atoms with Crippen LogP contribution in [0.2, 0.25) is 0 Å². The lowest BCUT2D eigenvalue weighted by atomic mass is 10.1. The zero-order valence-electron chi connectivity index (χ0n) is 12.5. The van der Waals surface area contributed by atoms with Crippen molar-refractivity contribution in [1.82, 2.24) is 0 Å². The van der Waals surface area contributed by atoms with Gasteiger partial charge < -0.3 is 4.74 Å². The van der Waals surface area contributed by atoms with Gasteiger partial charge in [-0.15, -0.1) is 0 Å². The van der Waals surface area contributed by atoms with Gasteiger partial charge in [0.15, 0.2) is 0 Å². The summed E-state index contributed by atoms with van der Waals surface area (Å²) in [7, 11) is 0. The van der Waals surface area contributed by atoms with E-state index in [-0.39, 0.29) is 0 Å². The average molecular weight is 339 g/mol. The van der Waals surface area contributed by atoms with Crippen LogP contribution in [0, 0.1) is 0 Å². The van der Waals surface area contributed by atoms with E-state index < -0.39 is 0 Å². The SMILES string of the molecule is BrCCCCCCCCCOc1ccc2c(c1)CCC2. The first kappa shape index (κ1) is 15.9. The van der Waals surface area contributed by atoms with Gasteiger partial charge in [0.1, 0.15) is 5.75 Å². The summed E-state index contributed by atoms with van der Waals surface area (Å²) in [5.74, 6) is 1.07. The fourth-order valence-electron chi connectivity index (χ4n) is 2.91. The van der Waals surface area contributed by atoms with Gasteiger partial charge in [0, 0.05) is 5.33 Å². The molecule has 0 atom stereocenters. The zero-order valence-corrected chi connectivity index (χ0v) is 14.1. The molecule has 2 heteroatoms. The molecule has 0 radical (unpaired) electrons. The third kappa shape index (κ3) is 5.47. The highest BCUT2D eigenvalue weighted by Gasteiger charge is 2.10. The van der Waals surface area contributed by atoms with Crippen LogP contribution in [0.1, 0.15) is 62.5 Å². The van der Waals surface area contributed by atoms with Crippen molar-refractivity contribution >= 4 is 15.9 Å². The van der Waals surface area contributed by atoms with Gasteiger partial charge in [0.25, 0.3) is 0 Å². The maximum atomic E-state index is 5.87. The molecule has 0 aliphatic heterocycles. The normalized spacial score (nSPS) is 13.4. The first-order chi connectivity index (χ1) is 9.90. The molecule has 0 amide bonds. The van der Waals surface area contributed by atoms with Crippen LogP contribution in [0.25, 0.3) is 0 Å². The fourth-order valence-corrected chi connectivity index (χ4v) is 3.30. The van der Waals surface area contributed by atoms with Gasteiger partial charge in [0.2, 0.25) is 0 Å². The number of rotatable bonds is 10. The molecule has 0 spiro atoms. The number of ether oxygens (including phenoxy) is 1. The molecule has 0 saturated carbocycles. The fraction of sp³-hybridized carbons (Fsp3) is 0.667. The molecular weight excluding hydrogens is 312 g/mol. The monoisotopic (exact) mass is 338 g/mol. The van der Waals surface area contributed by atoms with Crippen LogP contribution in [0.15, 0.2) is 18.2 Å². The summed E-state index contributed by atoms with van der Waals surface area (Å²) in [6, 6.07) is 6.65. The van der Waals surface area contributed by atoms with Gasteiger partial charge in [-0.05, 0) is 55.4 Å². The number of fused-ring (bicyclic) bond motifs is 1. The van der Waals surface area contributed by atoms with Crippen molar-refractivity contribution in [2.24, 2.45) is 0 Å². The van der Waals surface area contributed by atoms with Crippen molar-refractivity contribution in [2.75, 3.05) is 11.9 Å². The predicted octanol–water partition coefficient (Wildman–Crippen LogP) is 5.68. The van der Waals surface area contributed by atoms with Crippen molar-refractivity contribution in [3.8, 4) is 5.75 Å². The third-order valence-electron chi connectivity index (χ3n) is 4.12. The maximum absolute atomic E-state index is 5.87. The summed E-state index contributed by atoms with van der Waals surface area (Å²) in [4.78, 5) is 0. The maximum Gasteiger partial charge on any atom is 0.119 e. The van der Waals surface area contributed by atoms with E-state index >= 15 is 0 Å². The molecule has 1 aliphatic rings. The molecule has 112 valence electrons. The molecule has 1 aromatic rings. The van der Waals surface area contributed by atoms with Crippen LogP contribution >= 0.6 is 15.9 Å². The summed E-state index contributed by atoms with van der Waals surface area (Å²) < 4.78 is 5.87. The molecule has 1 nitrogen and oxygen atoms in total. The molecule has 1 aromatic carbocycles. The van der Waals surface area contributed by atoms with E-state index in [0.717, 1.165) is 17.7 Å². The van der Waals surface area contributed by atoms with E-state index in [4.69, 9.17) is 4.74 Å². The standard InChI is InChI=1S/C18H27BrO/c19-13-6-4-2-1-3-5-7-14-20-18-12-11-16-9-8-10-17(16)15-18/h11-12,15H,1-10,13-14H2. The van der Waals surface area contributed by atoms with Gasteiger partial charge in [-0.1, -0.05) is 54.1 Å². The first-order valence-electron chi connectivity index (χ1n) is 8.21. The summed E-state index contributed by atoms with van der Waals surface area (Å²) in [6.45, 7) is 0.875. The second kappa shape index (κ2) is 9.44. The molecule has 1 aliphatic carbocycles. The van der Waals surface area contributed by atoms with Crippen molar-refractivity contribution in [3.05, 3.63) is 29.3 Å². The van der Waals surface area contributed by atoms with Crippen molar-refractivity contribution in [2.45, 2.75) is 64.2 Å². The number of benzene rings is 1. The van der Waals surface area contributed by atoms with Gasteiger partial charge in [-0.2, -0.15) is 0 Å². The van der Waals surface area contributed by atoms with Crippen LogP contribution in [-0.2, 0) is 12.8 Å². The molecule has 0 N–H and O–H groups in total. The Hall–Kier alpha value is -0.500. The number of hydrogen-bond donors (Lipinski definition) is 0. The van der Waals surface area contributed by atoms with E-state index in [1.807, 2.05) is 0 Å². The quantitative estimate of drug-likeness (QED) is 0.394. The van der Waals surface area contributed by atoms with E-state index in [1.165, 1.54) is 75.3 Å². The molecule has 0 unspecified atom stereocenters. The number of hydrogen-bond acceptors (Lipinski definition) is 1. The Kier molecular flexibility index (Phi) is 7.49. The molecule has 0 bridgehead atoms. The summed E-state index contributed by atoms with van der Waals surface area (Å²) in [6.07, 6.45) is 13.1. The summed E-state index contributed by atoms with van der Waals surface area (Å²) in [5, 5.41) is 1.15. The minimum atomic E-state index is 0.875. The predicted molar refractivity (Wildman–Crippen MR) is 90.1 cm³/mol. The number of aryl methyl sites for hydroxylation is 2. The highest BCUT2D eigenvalue weighted by Crippen LogP contribution is 2.26. The minimum absolute atomic E-state index is 0.875. The number of unbranched alkanes of at least 4 members (excludes halogenated alkanes) is 6. The van der Waals surface area contributed by atoms with Crippen molar-refractivity contribution < 1.29 is 4.74 Å². The second-order valence-corrected chi connectivity index (χ2v) is 6.59. The van der Waals surface area contributed by atoms with Crippen LogP contribution in [0.5, 0.6) is 5.75 Å². The lowest BCUT2D eigenvalue weighted by Gasteiger charge is -2.08. The van der Waals surface area contributed by atoms with Gasteiger partial charge in [-0.3, -0.25) is 0 Å². The molecule has 20 heavy (non-hydrogen) atoms. The Morgan fingerprint density at radius 3 is 2.35 bits per heavy atom. The van der Waals surface area contributed by atoms with E-state index in [2.05, 4.69) is 34.1 Å². The molecule has 0 saturated heterocycles. The lowest BCUT2D eigenvalue weighted by molar-refractivity contribution is 0.304. The Morgan fingerprint density at radius 1 is 0.850 bits per heavy atom. The number of alkyl halides is 1. The lowest BCUT2D eigenvalue weighted by Crippen LogP contribution is -1.98. The van der Waals surface area contributed by atoms with Crippen LogP contribution in [-0.4, -0.2) is 11.9 Å². The smallest absolute Gasteiger partial charge is 0.119 e. The van der Waals surface area contributed by atoms with Gasteiger partial charge in [0.05, 0.1) is 6.61 Å². The Balaban J connectivity index is 1.51. The van der Waals surface area contributed by atoms with Crippen LogP contribution < -0.4 is 4.74 Å². The van der Waals surface area contributed by atoms with Crippen LogP contribution in [0.3, 0.4) is 0 Å². The average Bonchev–Trinajstić information content (AvgIpc) is 2.93. The highest BCUT2D eigenvalue weighted by molar-refractivity contribution is 9.09. The van der Waals surface area contributed by atoms with E-state index in [9.17, 15) is 0 Å².